The first-order valence-corrected chi connectivity index (χ1v) is 11.9. The number of benzene rings is 1. The van der Waals surface area contributed by atoms with Crippen molar-refractivity contribution in [1.29, 1.82) is 0 Å². The van der Waals surface area contributed by atoms with Crippen molar-refractivity contribution in [3.05, 3.63) is 45.7 Å². The zero-order chi connectivity index (χ0) is 27.7. The Kier molecular flexibility index (Phi) is 6.30. The molecule has 0 bridgehead atoms. The fourth-order valence-electron chi connectivity index (χ4n) is 5.93. The predicted molar refractivity (Wildman–Crippen MR) is 132 cm³/mol. The molecule has 37 heavy (non-hydrogen) atoms. The molecule has 1 amide bonds. The Balaban J connectivity index is 1.96. The van der Waals surface area contributed by atoms with Crippen LogP contribution < -0.4 is 5.73 Å². The van der Waals surface area contributed by atoms with E-state index in [9.17, 15) is 39.6 Å². The molecule has 0 aliphatic heterocycles. The summed E-state index contributed by atoms with van der Waals surface area (Å²) >= 11 is 0. The third-order valence-electron chi connectivity index (χ3n) is 8.02. The highest BCUT2D eigenvalue weighted by atomic mass is 16.3. The summed E-state index contributed by atoms with van der Waals surface area (Å²) in [6, 6.07) is 1.04. The highest BCUT2D eigenvalue weighted by Gasteiger charge is 2.64. The van der Waals surface area contributed by atoms with Crippen LogP contribution in [0.3, 0.4) is 0 Å². The lowest BCUT2D eigenvalue weighted by Crippen LogP contribution is -2.65. The van der Waals surface area contributed by atoms with Crippen molar-refractivity contribution < 1.29 is 39.6 Å². The Hall–Kier alpha value is -3.54. The van der Waals surface area contributed by atoms with Crippen molar-refractivity contribution in [3.63, 3.8) is 0 Å². The standard InChI is InChI=1S/C26H31N3O8/c1-10(28(2)3)20(31)12-6-7-15(30)17-13(12)8-11-9-14-19(29(4)5)22(33)18(25(27)36)24(35)26(14,37)23(34)16(11)21(17)32/h6-7,10-11,14,19,30,32,35,37H,8-9H2,1-5H3,(H2,27,36)/t10?,11?,14?,19?,26-/m0/s1. The third-order valence-corrected chi connectivity index (χ3v) is 8.02. The lowest BCUT2D eigenvalue weighted by molar-refractivity contribution is -0.153. The molecule has 1 fully saturated rings. The van der Waals surface area contributed by atoms with Crippen LogP contribution >= 0.6 is 0 Å². The molecule has 0 radical (unpaired) electrons. The lowest BCUT2D eigenvalue weighted by atomic mass is 9.57. The van der Waals surface area contributed by atoms with Crippen LogP contribution in [0.5, 0.6) is 5.75 Å². The van der Waals surface area contributed by atoms with Gasteiger partial charge >= 0.3 is 0 Å². The Morgan fingerprint density at radius 3 is 2.27 bits per heavy atom. The molecule has 1 aromatic carbocycles. The Labute approximate surface area is 213 Å². The first-order valence-electron chi connectivity index (χ1n) is 11.9. The van der Waals surface area contributed by atoms with E-state index in [1.165, 1.54) is 31.1 Å². The van der Waals surface area contributed by atoms with Crippen molar-refractivity contribution in [2.24, 2.45) is 17.6 Å². The number of ketones is 3. The third kappa shape index (κ3) is 3.60. The van der Waals surface area contributed by atoms with Crippen LogP contribution in [0.4, 0.5) is 0 Å². The molecule has 0 heterocycles. The zero-order valence-electron chi connectivity index (χ0n) is 21.3. The van der Waals surface area contributed by atoms with E-state index in [1.807, 2.05) is 0 Å². The van der Waals surface area contributed by atoms with Gasteiger partial charge in [-0.15, -0.1) is 0 Å². The van der Waals surface area contributed by atoms with Gasteiger partial charge in [-0.1, -0.05) is 0 Å². The number of phenolic OH excluding ortho intramolecular Hbond substituents is 1. The molecule has 3 aliphatic rings. The van der Waals surface area contributed by atoms with Crippen LogP contribution in [0.1, 0.15) is 34.8 Å². The molecule has 6 N–H and O–H groups in total. The largest absolute Gasteiger partial charge is 0.508 e. The number of nitrogens with zero attached hydrogens (tertiary/aromatic N) is 2. The van der Waals surface area contributed by atoms with Gasteiger partial charge in [-0.25, -0.2) is 0 Å². The van der Waals surface area contributed by atoms with Gasteiger partial charge in [-0.05, 0) is 71.6 Å². The summed E-state index contributed by atoms with van der Waals surface area (Å²) in [6.07, 6.45) is 0.0163. The molecular formula is C26H31N3O8. The van der Waals surface area contributed by atoms with Gasteiger partial charge in [0.1, 0.15) is 22.8 Å². The Morgan fingerprint density at radius 1 is 1.11 bits per heavy atom. The summed E-state index contributed by atoms with van der Waals surface area (Å²) in [5, 5.41) is 44.3. The zero-order valence-corrected chi connectivity index (χ0v) is 21.3. The number of aliphatic hydroxyl groups is 3. The lowest BCUT2D eigenvalue weighted by Gasteiger charge is -2.50. The van der Waals surface area contributed by atoms with E-state index in [0.717, 1.165) is 0 Å². The molecule has 0 spiro atoms. The van der Waals surface area contributed by atoms with E-state index in [4.69, 9.17) is 5.73 Å². The topological polar surface area (TPSA) is 182 Å². The minimum Gasteiger partial charge on any atom is -0.508 e. The van der Waals surface area contributed by atoms with Gasteiger partial charge in [-0.2, -0.15) is 0 Å². The summed E-state index contributed by atoms with van der Waals surface area (Å²) in [4.78, 5) is 55.4. The van der Waals surface area contributed by atoms with Gasteiger partial charge in [0.05, 0.1) is 17.6 Å². The van der Waals surface area contributed by atoms with Gasteiger partial charge < -0.3 is 26.2 Å². The molecule has 1 aromatic rings. The maximum Gasteiger partial charge on any atom is 0.255 e. The molecule has 4 rings (SSSR count). The van der Waals surface area contributed by atoms with Crippen molar-refractivity contribution >= 4 is 29.0 Å². The summed E-state index contributed by atoms with van der Waals surface area (Å²) in [7, 11) is 6.55. The maximum absolute atomic E-state index is 13.8. The second-order valence-corrected chi connectivity index (χ2v) is 10.5. The molecule has 198 valence electrons. The number of carbonyl (C=O) groups excluding carboxylic acids is 4. The molecule has 3 aliphatic carbocycles. The summed E-state index contributed by atoms with van der Waals surface area (Å²) in [5.41, 5.74) is 2.02. The molecule has 0 aromatic heterocycles. The maximum atomic E-state index is 13.8. The monoisotopic (exact) mass is 513 g/mol. The fraction of sp³-hybridized carbons (Fsp3) is 0.462. The number of aliphatic hydroxyl groups excluding tert-OH is 2. The smallest absolute Gasteiger partial charge is 0.255 e. The molecule has 5 atom stereocenters. The molecule has 11 nitrogen and oxygen atoms in total. The number of carbonyl (C=O) groups is 4. The van der Waals surface area contributed by atoms with E-state index in [0.29, 0.717) is 5.56 Å². The van der Waals surface area contributed by atoms with Crippen LogP contribution in [-0.2, 0) is 20.8 Å². The quantitative estimate of drug-likeness (QED) is 0.267. The number of primary amides is 1. The summed E-state index contributed by atoms with van der Waals surface area (Å²) < 4.78 is 0. The van der Waals surface area contributed by atoms with E-state index in [1.54, 1.807) is 25.9 Å². The highest BCUT2D eigenvalue weighted by Crippen LogP contribution is 2.53. The average molecular weight is 514 g/mol. The Bertz CT molecular complexity index is 1310. The van der Waals surface area contributed by atoms with Crippen molar-refractivity contribution in [1.82, 2.24) is 9.80 Å². The predicted octanol–water partition coefficient (Wildman–Crippen LogP) is 0.0968. The number of nitrogens with two attached hydrogens (primary N) is 1. The van der Waals surface area contributed by atoms with Crippen molar-refractivity contribution in [2.45, 2.75) is 37.5 Å². The number of hydrogen-bond donors (Lipinski definition) is 5. The second-order valence-electron chi connectivity index (χ2n) is 10.5. The number of likely N-dealkylation sites (N-methyl/N-ethyl adjacent to an activating group) is 2. The van der Waals surface area contributed by atoms with Gasteiger partial charge in [0.2, 0.25) is 5.78 Å². The number of rotatable bonds is 5. The van der Waals surface area contributed by atoms with E-state index in [2.05, 4.69) is 0 Å². The first kappa shape index (κ1) is 26.5. The minimum atomic E-state index is -2.70. The normalized spacial score (nSPS) is 28.3. The van der Waals surface area contributed by atoms with Gasteiger partial charge in [0.15, 0.2) is 17.2 Å². The highest BCUT2D eigenvalue weighted by molar-refractivity contribution is 6.24. The van der Waals surface area contributed by atoms with Crippen molar-refractivity contribution in [3.8, 4) is 5.75 Å². The molecule has 11 heteroatoms. The molecule has 1 saturated carbocycles. The van der Waals surface area contributed by atoms with Gasteiger partial charge in [-0.3, -0.25) is 29.0 Å². The number of Topliss-reactive ketones (excluding diaryl/α,β-unsaturated/α-hetero) is 3. The van der Waals surface area contributed by atoms with Crippen LogP contribution in [0.15, 0.2) is 29.0 Å². The minimum absolute atomic E-state index is 0.0434. The number of amides is 1. The van der Waals surface area contributed by atoms with Crippen LogP contribution in [-0.4, -0.2) is 99.4 Å². The van der Waals surface area contributed by atoms with Gasteiger partial charge in [0, 0.05) is 17.1 Å². The van der Waals surface area contributed by atoms with Crippen LogP contribution in [0.25, 0.3) is 5.76 Å². The first-order chi connectivity index (χ1) is 17.2. The molecule has 0 saturated heterocycles. The summed E-state index contributed by atoms with van der Waals surface area (Å²) in [6.45, 7) is 1.72. The second kappa shape index (κ2) is 8.79. The number of phenols is 1. The van der Waals surface area contributed by atoms with E-state index < -0.39 is 64.1 Å². The van der Waals surface area contributed by atoms with Crippen LogP contribution in [0, 0.1) is 11.8 Å². The van der Waals surface area contributed by atoms with Gasteiger partial charge in [0.25, 0.3) is 5.91 Å². The fourth-order valence-corrected chi connectivity index (χ4v) is 5.93. The SMILES string of the molecule is CC(C(=O)c1ccc(O)c2c1CC1CC3C(N(C)C)C(=O)C(C(N)=O)=C(O)[C@@]3(O)C(=O)C1=C2O)N(C)C. The number of fused-ring (bicyclic) bond motifs is 3. The molecular weight excluding hydrogens is 482 g/mol. The Morgan fingerprint density at radius 2 is 1.73 bits per heavy atom. The molecule has 4 unspecified atom stereocenters. The number of hydrogen-bond acceptors (Lipinski definition) is 10. The average Bonchev–Trinajstić information content (AvgIpc) is 2.80. The number of aromatic hydroxyl groups is 1. The van der Waals surface area contributed by atoms with Crippen molar-refractivity contribution in [2.75, 3.05) is 28.2 Å². The van der Waals surface area contributed by atoms with E-state index in [-0.39, 0.29) is 41.1 Å². The summed E-state index contributed by atoms with van der Waals surface area (Å²) in [5.74, 6) is -7.51. The van der Waals surface area contributed by atoms with Crippen LogP contribution in [0.2, 0.25) is 0 Å². The van der Waals surface area contributed by atoms with E-state index >= 15 is 0 Å².